The molecule has 0 saturated carbocycles. The summed E-state index contributed by atoms with van der Waals surface area (Å²) in [4.78, 5) is 24.3. The second-order valence-electron chi connectivity index (χ2n) is 10.7. The Morgan fingerprint density at radius 2 is 0.629 bits per heavy atom. The average molecular weight is 507 g/mol. The number of carbonyl (C=O) groups is 2. The normalized spacial score (nSPS) is 13.5. The van der Waals surface area contributed by atoms with Crippen molar-refractivity contribution in [3.05, 3.63) is 12.2 Å². The highest BCUT2D eigenvalue weighted by atomic mass is 32.1. The lowest BCUT2D eigenvalue weighted by atomic mass is 10.0. The van der Waals surface area contributed by atoms with Crippen LogP contribution in [0, 0.1) is 0 Å². The Kier molecular flexibility index (Phi) is 23.0. The van der Waals surface area contributed by atoms with Crippen molar-refractivity contribution in [3.63, 3.8) is 0 Å². The Balaban J connectivity index is 1.65. The van der Waals surface area contributed by atoms with Gasteiger partial charge in [-0.3, -0.25) is 14.5 Å². The summed E-state index contributed by atoms with van der Waals surface area (Å²) in [5.74, 6) is 0.652. The quantitative estimate of drug-likeness (QED) is 0.0821. The van der Waals surface area contributed by atoms with E-state index in [1.807, 2.05) is 0 Å². The van der Waals surface area contributed by atoms with E-state index >= 15 is 0 Å². The van der Waals surface area contributed by atoms with Crippen LogP contribution >= 0.6 is 12.6 Å². The summed E-state index contributed by atoms with van der Waals surface area (Å²) in [6.45, 7) is 0.585. The Morgan fingerprint density at radius 1 is 0.400 bits per heavy atom. The fourth-order valence-corrected chi connectivity index (χ4v) is 5.29. The van der Waals surface area contributed by atoms with Crippen molar-refractivity contribution < 1.29 is 9.59 Å². The summed E-state index contributed by atoms with van der Waals surface area (Å²) >= 11 is 4.99. The number of amides is 2. The molecule has 0 fully saturated rings. The van der Waals surface area contributed by atoms with E-state index in [1.54, 1.807) is 0 Å². The van der Waals surface area contributed by atoms with Gasteiger partial charge in [-0.15, -0.1) is 0 Å². The first kappa shape index (κ1) is 32.3. The van der Waals surface area contributed by atoms with Crippen LogP contribution in [0.2, 0.25) is 0 Å². The van der Waals surface area contributed by atoms with E-state index in [1.165, 1.54) is 165 Å². The van der Waals surface area contributed by atoms with Crippen molar-refractivity contribution in [1.82, 2.24) is 4.90 Å². The molecular weight excluding hydrogens is 450 g/mol. The van der Waals surface area contributed by atoms with Gasteiger partial charge in [-0.1, -0.05) is 160 Å². The van der Waals surface area contributed by atoms with Gasteiger partial charge in [-0.05, 0) is 12.8 Å². The molecule has 0 aromatic rings. The van der Waals surface area contributed by atoms with Crippen molar-refractivity contribution in [2.45, 2.75) is 161 Å². The Bertz CT molecular complexity index is 516. The van der Waals surface area contributed by atoms with Crippen LogP contribution in [0.4, 0.5) is 0 Å². The van der Waals surface area contributed by atoms with Crippen molar-refractivity contribution in [2.24, 2.45) is 0 Å². The van der Waals surface area contributed by atoms with E-state index in [4.69, 9.17) is 12.6 Å². The average Bonchev–Trinajstić information content (AvgIpc) is 3.18. The van der Waals surface area contributed by atoms with Crippen LogP contribution in [-0.2, 0) is 9.59 Å². The van der Waals surface area contributed by atoms with E-state index in [0.717, 1.165) is 18.6 Å². The maximum absolute atomic E-state index is 11.5. The van der Waals surface area contributed by atoms with Crippen LogP contribution in [0.25, 0.3) is 0 Å². The molecule has 0 aliphatic carbocycles. The summed E-state index contributed by atoms with van der Waals surface area (Å²) < 4.78 is 0. The monoisotopic (exact) mass is 506 g/mol. The Labute approximate surface area is 223 Å². The molecule has 0 spiro atoms. The van der Waals surface area contributed by atoms with Crippen molar-refractivity contribution in [3.8, 4) is 0 Å². The zero-order valence-corrected chi connectivity index (χ0v) is 23.7. The minimum absolute atomic E-state index is 0.146. The summed E-state index contributed by atoms with van der Waals surface area (Å²) in [5.41, 5.74) is 0. The molecule has 1 aliphatic rings. The minimum Gasteiger partial charge on any atom is -0.275 e. The van der Waals surface area contributed by atoms with Gasteiger partial charge in [0.25, 0.3) is 11.8 Å². The number of rotatable bonds is 27. The van der Waals surface area contributed by atoms with Crippen LogP contribution in [-0.4, -0.2) is 29.0 Å². The molecule has 2 amide bonds. The lowest BCUT2D eigenvalue weighted by molar-refractivity contribution is -0.136. The summed E-state index contributed by atoms with van der Waals surface area (Å²) in [7, 11) is 0. The van der Waals surface area contributed by atoms with E-state index < -0.39 is 0 Å². The standard InChI is InChI=1S/C31H56NO2S/c33-30-26-27-31(34)32(30)28-24-22-20-18-16-14-12-10-8-6-4-2-1-3-5-7-9-11-13-15-17-19-21-23-25-29-35/h26-27H,1-25,28-29H2. The zero-order valence-electron chi connectivity index (χ0n) is 22.9. The minimum atomic E-state index is -0.146. The van der Waals surface area contributed by atoms with Crippen molar-refractivity contribution in [2.75, 3.05) is 12.3 Å². The number of carbonyl (C=O) groups excluding carboxylic acids is 2. The first-order valence-electron chi connectivity index (χ1n) is 15.4. The number of hydrogen-bond acceptors (Lipinski definition) is 2. The van der Waals surface area contributed by atoms with Crippen LogP contribution in [0.1, 0.15) is 161 Å². The van der Waals surface area contributed by atoms with Gasteiger partial charge >= 0.3 is 0 Å². The lowest BCUT2D eigenvalue weighted by Gasteiger charge is -2.12. The van der Waals surface area contributed by atoms with E-state index in [9.17, 15) is 9.59 Å². The molecule has 0 unspecified atom stereocenters. The molecule has 0 aromatic carbocycles. The fraction of sp³-hybridized carbons (Fsp3) is 0.871. The van der Waals surface area contributed by atoms with E-state index in [-0.39, 0.29) is 11.8 Å². The SMILES string of the molecule is O=C1C=CC(=O)N1CCCCCCCCCCCCCCCCCCCCCCCCCCC[S]. The second kappa shape index (κ2) is 24.9. The van der Waals surface area contributed by atoms with Crippen LogP contribution in [0.3, 0.4) is 0 Å². The highest BCUT2D eigenvalue weighted by Gasteiger charge is 2.21. The summed E-state index contributed by atoms with van der Waals surface area (Å²) in [5, 5.41) is 0. The number of hydrogen-bond donors (Lipinski definition) is 0. The summed E-state index contributed by atoms with van der Waals surface area (Å²) in [6, 6.07) is 0. The predicted molar refractivity (Wildman–Crippen MR) is 154 cm³/mol. The van der Waals surface area contributed by atoms with Gasteiger partial charge in [0.05, 0.1) is 0 Å². The maximum Gasteiger partial charge on any atom is 0.253 e. The van der Waals surface area contributed by atoms with Crippen LogP contribution in [0.15, 0.2) is 12.2 Å². The van der Waals surface area contributed by atoms with Crippen molar-refractivity contribution >= 4 is 24.4 Å². The van der Waals surface area contributed by atoms with Gasteiger partial charge in [-0.25, -0.2) is 0 Å². The van der Waals surface area contributed by atoms with E-state index in [2.05, 4.69) is 0 Å². The highest BCUT2D eigenvalue weighted by molar-refractivity contribution is 7.80. The number of imide groups is 1. The van der Waals surface area contributed by atoms with Gasteiger partial charge in [-0.2, -0.15) is 0 Å². The topological polar surface area (TPSA) is 37.4 Å². The van der Waals surface area contributed by atoms with Gasteiger partial charge < -0.3 is 0 Å². The molecule has 0 aromatic heterocycles. The largest absolute Gasteiger partial charge is 0.275 e. The molecule has 1 heterocycles. The molecule has 1 aliphatic heterocycles. The first-order valence-corrected chi connectivity index (χ1v) is 15.9. The molecule has 4 heteroatoms. The van der Waals surface area contributed by atoms with Crippen LogP contribution in [0.5, 0.6) is 0 Å². The predicted octanol–water partition coefficient (Wildman–Crippen LogP) is 9.86. The molecule has 1 rings (SSSR count). The summed E-state index contributed by atoms with van der Waals surface area (Å²) in [6.07, 6.45) is 37.0. The molecule has 0 bridgehead atoms. The maximum atomic E-state index is 11.5. The third-order valence-electron chi connectivity index (χ3n) is 7.43. The molecule has 35 heavy (non-hydrogen) atoms. The lowest BCUT2D eigenvalue weighted by Crippen LogP contribution is -2.30. The molecular formula is C31H56NO2S. The highest BCUT2D eigenvalue weighted by Crippen LogP contribution is 2.16. The van der Waals surface area contributed by atoms with Gasteiger partial charge in [0, 0.05) is 24.4 Å². The first-order chi connectivity index (χ1) is 17.3. The Morgan fingerprint density at radius 3 is 0.886 bits per heavy atom. The molecule has 0 saturated heterocycles. The van der Waals surface area contributed by atoms with Gasteiger partial charge in [0.15, 0.2) is 0 Å². The second-order valence-corrected chi connectivity index (χ2v) is 11.1. The zero-order chi connectivity index (χ0) is 25.2. The Hall–Kier alpha value is -0.770. The molecule has 1 radical (unpaired) electrons. The van der Waals surface area contributed by atoms with Crippen molar-refractivity contribution in [1.29, 1.82) is 0 Å². The smallest absolute Gasteiger partial charge is 0.253 e. The third-order valence-corrected chi connectivity index (χ3v) is 7.72. The van der Waals surface area contributed by atoms with Crippen LogP contribution < -0.4 is 0 Å². The third kappa shape index (κ3) is 20.0. The fourth-order valence-electron chi connectivity index (χ4n) is 5.09. The van der Waals surface area contributed by atoms with Gasteiger partial charge in [0.2, 0.25) is 0 Å². The molecule has 3 nitrogen and oxygen atoms in total. The number of unbranched alkanes of at least 4 members (excludes halogenated alkanes) is 24. The number of nitrogens with zero attached hydrogens (tertiary/aromatic N) is 1. The molecule has 203 valence electrons. The molecule has 0 N–H and O–H groups in total. The molecule has 0 atom stereocenters. The van der Waals surface area contributed by atoms with E-state index in [0.29, 0.717) is 6.54 Å². The van der Waals surface area contributed by atoms with Gasteiger partial charge in [0.1, 0.15) is 0 Å².